The Morgan fingerprint density at radius 1 is 1.61 bits per heavy atom. The van der Waals surface area contributed by atoms with E-state index in [0.29, 0.717) is 11.7 Å². The number of carbonyl (C=O) groups excluding carboxylic acids is 1. The molecule has 18 heavy (non-hydrogen) atoms. The van der Waals surface area contributed by atoms with Gasteiger partial charge < -0.3 is 15.0 Å². The Hall–Kier alpha value is -1.50. The Kier molecular flexibility index (Phi) is 5.70. The number of aromatic nitrogens is 2. The van der Waals surface area contributed by atoms with Crippen molar-refractivity contribution in [2.75, 3.05) is 12.3 Å². The summed E-state index contributed by atoms with van der Waals surface area (Å²) in [4.78, 5) is 26.4. The van der Waals surface area contributed by atoms with E-state index >= 15 is 0 Å². The van der Waals surface area contributed by atoms with E-state index in [1.165, 1.54) is 0 Å². The summed E-state index contributed by atoms with van der Waals surface area (Å²) in [6, 6.07) is -0.393. The molecule has 0 bridgehead atoms. The molecule has 0 saturated carbocycles. The minimum absolute atomic E-state index is 0.0691. The van der Waals surface area contributed by atoms with Crippen molar-refractivity contribution in [3.05, 3.63) is 12.4 Å². The summed E-state index contributed by atoms with van der Waals surface area (Å²) in [5.74, 6) is -1.06. The van der Waals surface area contributed by atoms with Crippen LogP contribution in [0.3, 0.4) is 0 Å². The number of hydrogen-bond donors (Lipinski definition) is 2. The largest absolute Gasteiger partial charge is 0.481 e. The van der Waals surface area contributed by atoms with Crippen molar-refractivity contribution < 1.29 is 14.7 Å². The fourth-order valence-corrected chi connectivity index (χ4v) is 2.11. The standard InChI is InChI=1S/C11H17N3O3S/c1-3-4-12-10(17)8(2)14-6-5-13-11(14)18-7-9(15)16/h5-6,8H,3-4,7H2,1-2H3,(H,12,17)(H,15,16). The number of aliphatic carboxylic acids is 1. The zero-order chi connectivity index (χ0) is 13.5. The molecule has 1 aromatic rings. The molecule has 1 heterocycles. The molecule has 1 unspecified atom stereocenters. The van der Waals surface area contributed by atoms with Gasteiger partial charge in [-0.3, -0.25) is 9.59 Å². The number of amides is 1. The summed E-state index contributed by atoms with van der Waals surface area (Å²) in [5.41, 5.74) is 0. The first-order chi connectivity index (χ1) is 8.56. The molecule has 0 saturated heterocycles. The van der Waals surface area contributed by atoms with Gasteiger partial charge in [-0.05, 0) is 13.3 Å². The highest BCUT2D eigenvalue weighted by molar-refractivity contribution is 7.99. The van der Waals surface area contributed by atoms with Gasteiger partial charge in [0.15, 0.2) is 5.16 Å². The number of carboxylic acid groups (broad SMARTS) is 1. The maximum absolute atomic E-state index is 11.8. The molecule has 0 radical (unpaired) electrons. The van der Waals surface area contributed by atoms with E-state index in [1.807, 2.05) is 6.92 Å². The molecule has 2 N–H and O–H groups in total. The van der Waals surface area contributed by atoms with Crippen LogP contribution in [0.2, 0.25) is 0 Å². The van der Waals surface area contributed by atoms with E-state index in [4.69, 9.17) is 5.11 Å². The maximum atomic E-state index is 11.8. The summed E-state index contributed by atoms with van der Waals surface area (Å²) in [6.07, 6.45) is 4.12. The van der Waals surface area contributed by atoms with Gasteiger partial charge >= 0.3 is 5.97 Å². The number of thioether (sulfide) groups is 1. The van der Waals surface area contributed by atoms with E-state index in [1.54, 1.807) is 23.9 Å². The van der Waals surface area contributed by atoms with Crippen LogP contribution in [0.5, 0.6) is 0 Å². The molecule has 0 fully saturated rings. The quantitative estimate of drug-likeness (QED) is 0.727. The lowest BCUT2D eigenvalue weighted by molar-refractivity contribution is -0.133. The SMILES string of the molecule is CCCNC(=O)C(C)n1ccnc1SCC(=O)O. The van der Waals surface area contributed by atoms with Crippen LogP contribution in [0, 0.1) is 0 Å². The lowest BCUT2D eigenvalue weighted by Crippen LogP contribution is -2.31. The Balaban J connectivity index is 2.67. The number of carbonyl (C=O) groups is 2. The summed E-state index contributed by atoms with van der Waals surface area (Å²) >= 11 is 1.10. The Bertz CT molecular complexity index is 419. The fourth-order valence-electron chi connectivity index (χ4n) is 1.35. The Morgan fingerprint density at radius 2 is 2.33 bits per heavy atom. The fraction of sp³-hybridized carbons (Fsp3) is 0.545. The smallest absolute Gasteiger partial charge is 0.313 e. The third kappa shape index (κ3) is 4.06. The molecule has 1 amide bonds. The minimum atomic E-state index is -0.905. The lowest BCUT2D eigenvalue weighted by atomic mass is 10.3. The highest BCUT2D eigenvalue weighted by Gasteiger charge is 2.17. The van der Waals surface area contributed by atoms with Gasteiger partial charge in [0.25, 0.3) is 0 Å². The van der Waals surface area contributed by atoms with Crippen LogP contribution in [0.25, 0.3) is 0 Å². The number of hydrogen-bond acceptors (Lipinski definition) is 4. The minimum Gasteiger partial charge on any atom is -0.481 e. The number of nitrogens with one attached hydrogen (secondary N) is 1. The van der Waals surface area contributed by atoms with Gasteiger partial charge in [0, 0.05) is 18.9 Å². The van der Waals surface area contributed by atoms with E-state index in [0.717, 1.165) is 18.2 Å². The Labute approximate surface area is 110 Å². The predicted molar refractivity (Wildman–Crippen MR) is 68.6 cm³/mol. The van der Waals surface area contributed by atoms with Gasteiger partial charge in [0.05, 0.1) is 5.75 Å². The van der Waals surface area contributed by atoms with Gasteiger partial charge in [-0.15, -0.1) is 0 Å². The summed E-state index contributed by atoms with van der Waals surface area (Å²) in [6.45, 7) is 4.38. The average molecular weight is 271 g/mol. The molecule has 0 aromatic carbocycles. The number of carboxylic acids is 1. The van der Waals surface area contributed by atoms with Crippen molar-refractivity contribution in [3.8, 4) is 0 Å². The van der Waals surface area contributed by atoms with Crippen LogP contribution >= 0.6 is 11.8 Å². The van der Waals surface area contributed by atoms with Gasteiger partial charge in [-0.25, -0.2) is 4.98 Å². The van der Waals surface area contributed by atoms with E-state index in [2.05, 4.69) is 10.3 Å². The first kappa shape index (κ1) is 14.6. The molecule has 0 aliphatic carbocycles. The van der Waals surface area contributed by atoms with Crippen molar-refractivity contribution >= 4 is 23.6 Å². The van der Waals surface area contributed by atoms with Crippen LogP contribution in [-0.2, 0) is 9.59 Å². The average Bonchev–Trinajstić information content (AvgIpc) is 2.80. The third-order valence-electron chi connectivity index (χ3n) is 2.30. The normalized spacial score (nSPS) is 12.1. The number of nitrogens with zero attached hydrogens (tertiary/aromatic N) is 2. The van der Waals surface area contributed by atoms with Gasteiger partial charge in [0.1, 0.15) is 6.04 Å². The van der Waals surface area contributed by atoms with E-state index in [9.17, 15) is 9.59 Å². The molecule has 0 aliphatic heterocycles. The van der Waals surface area contributed by atoms with Gasteiger partial charge in [-0.2, -0.15) is 0 Å². The summed E-state index contributed by atoms with van der Waals surface area (Å²) in [7, 11) is 0. The molecule has 7 heteroatoms. The van der Waals surface area contributed by atoms with Crippen LogP contribution in [0.15, 0.2) is 17.6 Å². The number of imidazole rings is 1. The molecule has 1 aromatic heterocycles. The molecular formula is C11H17N3O3S. The molecule has 1 atom stereocenters. The van der Waals surface area contributed by atoms with Gasteiger partial charge in [-0.1, -0.05) is 18.7 Å². The molecule has 0 spiro atoms. The Morgan fingerprint density at radius 3 is 2.94 bits per heavy atom. The monoisotopic (exact) mass is 271 g/mol. The molecule has 1 rings (SSSR count). The third-order valence-corrected chi connectivity index (χ3v) is 3.27. The van der Waals surface area contributed by atoms with Gasteiger partial charge in [0.2, 0.25) is 5.91 Å². The lowest BCUT2D eigenvalue weighted by Gasteiger charge is -2.15. The summed E-state index contributed by atoms with van der Waals surface area (Å²) < 4.78 is 1.68. The van der Waals surface area contributed by atoms with Crippen LogP contribution in [0.4, 0.5) is 0 Å². The molecule has 6 nitrogen and oxygen atoms in total. The highest BCUT2D eigenvalue weighted by Crippen LogP contribution is 2.19. The summed E-state index contributed by atoms with van der Waals surface area (Å²) in [5, 5.41) is 12.0. The zero-order valence-corrected chi connectivity index (χ0v) is 11.2. The van der Waals surface area contributed by atoms with Crippen molar-refractivity contribution in [1.29, 1.82) is 0 Å². The first-order valence-corrected chi connectivity index (χ1v) is 6.70. The zero-order valence-electron chi connectivity index (χ0n) is 10.4. The van der Waals surface area contributed by atoms with Crippen LogP contribution in [0.1, 0.15) is 26.3 Å². The molecule has 100 valence electrons. The van der Waals surface area contributed by atoms with E-state index < -0.39 is 12.0 Å². The number of rotatable bonds is 7. The first-order valence-electron chi connectivity index (χ1n) is 5.71. The van der Waals surface area contributed by atoms with Crippen molar-refractivity contribution in [2.24, 2.45) is 0 Å². The predicted octanol–water partition coefficient (Wildman–Crippen LogP) is 1.15. The van der Waals surface area contributed by atoms with Crippen LogP contribution in [-0.4, -0.2) is 38.8 Å². The van der Waals surface area contributed by atoms with Crippen molar-refractivity contribution in [3.63, 3.8) is 0 Å². The highest BCUT2D eigenvalue weighted by atomic mass is 32.2. The van der Waals surface area contributed by atoms with E-state index in [-0.39, 0.29) is 11.7 Å². The molecular weight excluding hydrogens is 254 g/mol. The van der Waals surface area contributed by atoms with Crippen molar-refractivity contribution in [1.82, 2.24) is 14.9 Å². The van der Waals surface area contributed by atoms with Crippen molar-refractivity contribution in [2.45, 2.75) is 31.5 Å². The second kappa shape index (κ2) is 7.05. The molecule has 0 aliphatic rings. The maximum Gasteiger partial charge on any atom is 0.313 e. The second-order valence-corrected chi connectivity index (χ2v) is 4.71. The van der Waals surface area contributed by atoms with Crippen LogP contribution < -0.4 is 5.32 Å². The topological polar surface area (TPSA) is 84.2 Å². The second-order valence-electron chi connectivity index (χ2n) is 3.77.